The molecule has 0 unspecified atom stereocenters. The zero-order valence-corrected chi connectivity index (χ0v) is 15.8. The van der Waals surface area contributed by atoms with Crippen LogP contribution in [0.3, 0.4) is 0 Å². The van der Waals surface area contributed by atoms with E-state index in [-0.39, 0.29) is 17.6 Å². The van der Waals surface area contributed by atoms with E-state index < -0.39 is 4.92 Å². The summed E-state index contributed by atoms with van der Waals surface area (Å²) < 4.78 is 0. The number of carbonyl (C=O) groups excluding carboxylic acids is 1. The Morgan fingerprint density at radius 2 is 1.96 bits per heavy atom. The topological polar surface area (TPSA) is 92.5 Å². The SMILES string of the molecule is CC(=O)N(C)C1CCN(c2cc(C)nc(-c3cccc([N+](=O)[O-])c3)n2)CC1. The molecule has 2 aromatic rings. The maximum Gasteiger partial charge on any atom is 0.270 e. The quantitative estimate of drug-likeness (QED) is 0.608. The van der Waals surface area contributed by atoms with Gasteiger partial charge in [0.15, 0.2) is 5.82 Å². The van der Waals surface area contributed by atoms with Crippen molar-refractivity contribution in [2.24, 2.45) is 0 Å². The van der Waals surface area contributed by atoms with E-state index in [2.05, 4.69) is 14.9 Å². The molecule has 0 saturated carbocycles. The Morgan fingerprint density at radius 1 is 1.26 bits per heavy atom. The fourth-order valence-electron chi connectivity index (χ4n) is 3.34. The third-order valence-electron chi connectivity index (χ3n) is 4.99. The lowest BCUT2D eigenvalue weighted by atomic mass is 10.0. The highest BCUT2D eigenvalue weighted by molar-refractivity contribution is 5.73. The predicted molar refractivity (Wildman–Crippen MR) is 103 cm³/mol. The molecule has 1 aromatic heterocycles. The molecule has 1 aliphatic rings. The van der Waals surface area contributed by atoms with Crippen LogP contribution in [-0.4, -0.2) is 51.9 Å². The molecule has 3 rings (SSSR count). The molecule has 8 heteroatoms. The van der Waals surface area contributed by atoms with Crippen molar-refractivity contribution in [3.8, 4) is 11.4 Å². The number of anilines is 1. The summed E-state index contributed by atoms with van der Waals surface area (Å²) in [6, 6.07) is 8.54. The number of aryl methyl sites for hydroxylation is 1. The average molecular weight is 369 g/mol. The Balaban J connectivity index is 1.82. The summed E-state index contributed by atoms with van der Waals surface area (Å²) in [6.07, 6.45) is 1.76. The second-order valence-corrected chi connectivity index (χ2v) is 6.85. The summed E-state index contributed by atoms with van der Waals surface area (Å²) >= 11 is 0. The molecule has 1 aromatic carbocycles. The minimum Gasteiger partial charge on any atom is -0.356 e. The summed E-state index contributed by atoms with van der Waals surface area (Å²) in [4.78, 5) is 35.2. The number of non-ortho nitro benzene ring substituents is 1. The van der Waals surface area contributed by atoms with Crippen molar-refractivity contribution >= 4 is 17.4 Å². The van der Waals surface area contributed by atoms with E-state index in [0.717, 1.165) is 37.4 Å². The van der Waals surface area contributed by atoms with Crippen LogP contribution in [0, 0.1) is 17.0 Å². The van der Waals surface area contributed by atoms with Gasteiger partial charge in [0.05, 0.1) is 4.92 Å². The van der Waals surface area contributed by atoms with Crippen molar-refractivity contribution < 1.29 is 9.72 Å². The third-order valence-corrected chi connectivity index (χ3v) is 4.99. The van der Waals surface area contributed by atoms with E-state index >= 15 is 0 Å². The number of hydrogen-bond acceptors (Lipinski definition) is 6. The zero-order chi connectivity index (χ0) is 19.6. The molecule has 8 nitrogen and oxygen atoms in total. The van der Waals surface area contributed by atoms with Gasteiger partial charge in [-0.15, -0.1) is 0 Å². The van der Waals surface area contributed by atoms with Crippen molar-refractivity contribution in [3.05, 3.63) is 46.1 Å². The minimum absolute atomic E-state index is 0.0206. The van der Waals surface area contributed by atoms with Crippen LogP contribution in [0.2, 0.25) is 0 Å². The Kier molecular flexibility index (Phi) is 5.34. The maximum atomic E-state index is 11.6. The van der Waals surface area contributed by atoms with Gasteiger partial charge in [0.25, 0.3) is 5.69 Å². The standard InChI is InChI=1S/C19H23N5O3/c1-13-11-18(23-9-7-16(8-10-23)22(3)14(2)25)21-19(20-13)15-5-4-6-17(12-15)24(26)27/h4-6,11-12,16H,7-10H2,1-3H3. The first kappa shape index (κ1) is 18.8. The molecule has 0 bridgehead atoms. The van der Waals surface area contributed by atoms with Crippen LogP contribution in [-0.2, 0) is 4.79 Å². The second kappa shape index (κ2) is 7.69. The lowest BCUT2D eigenvalue weighted by Gasteiger charge is -2.37. The Labute approximate surface area is 158 Å². The van der Waals surface area contributed by atoms with Crippen molar-refractivity contribution in [2.45, 2.75) is 32.7 Å². The third kappa shape index (κ3) is 4.21. The van der Waals surface area contributed by atoms with E-state index in [1.54, 1.807) is 24.0 Å². The molecule has 0 aliphatic carbocycles. The molecule has 142 valence electrons. The minimum atomic E-state index is -0.420. The fraction of sp³-hybridized carbons (Fsp3) is 0.421. The van der Waals surface area contributed by atoms with Gasteiger partial charge in [0.2, 0.25) is 5.91 Å². The normalized spacial score (nSPS) is 14.9. The molecular formula is C19H23N5O3. The number of nitro groups is 1. The number of nitrogens with zero attached hydrogens (tertiary/aromatic N) is 5. The summed E-state index contributed by atoms with van der Waals surface area (Å²) in [7, 11) is 1.85. The summed E-state index contributed by atoms with van der Waals surface area (Å²) in [6.45, 7) is 5.08. The van der Waals surface area contributed by atoms with E-state index in [1.165, 1.54) is 12.1 Å². The van der Waals surface area contributed by atoms with Gasteiger partial charge in [-0.3, -0.25) is 14.9 Å². The summed E-state index contributed by atoms with van der Waals surface area (Å²) in [5, 5.41) is 11.0. The molecule has 1 amide bonds. The average Bonchev–Trinajstić information content (AvgIpc) is 2.67. The van der Waals surface area contributed by atoms with Crippen molar-refractivity contribution in [2.75, 3.05) is 25.0 Å². The molecule has 2 heterocycles. The van der Waals surface area contributed by atoms with Gasteiger partial charge < -0.3 is 9.80 Å². The number of aromatic nitrogens is 2. The van der Waals surface area contributed by atoms with Crippen molar-refractivity contribution in [1.29, 1.82) is 0 Å². The first-order valence-corrected chi connectivity index (χ1v) is 8.94. The van der Waals surface area contributed by atoms with Gasteiger partial charge in [-0.2, -0.15) is 0 Å². The van der Waals surface area contributed by atoms with Crippen LogP contribution in [0.1, 0.15) is 25.5 Å². The van der Waals surface area contributed by atoms with E-state index in [0.29, 0.717) is 11.4 Å². The van der Waals surface area contributed by atoms with Gasteiger partial charge in [0, 0.05) is 62.6 Å². The number of rotatable bonds is 4. The Morgan fingerprint density at radius 3 is 2.59 bits per heavy atom. The van der Waals surface area contributed by atoms with Gasteiger partial charge in [-0.25, -0.2) is 9.97 Å². The maximum absolute atomic E-state index is 11.6. The lowest BCUT2D eigenvalue weighted by molar-refractivity contribution is -0.384. The van der Waals surface area contributed by atoms with Crippen molar-refractivity contribution in [1.82, 2.24) is 14.9 Å². The van der Waals surface area contributed by atoms with Crippen LogP contribution >= 0.6 is 0 Å². The van der Waals surface area contributed by atoms with Crippen LogP contribution in [0.25, 0.3) is 11.4 Å². The highest BCUT2D eigenvalue weighted by atomic mass is 16.6. The lowest BCUT2D eigenvalue weighted by Crippen LogP contribution is -2.45. The molecule has 1 aliphatic heterocycles. The zero-order valence-electron chi connectivity index (χ0n) is 15.8. The summed E-state index contributed by atoms with van der Waals surface area (Å²) in [5.41, 5.74) is 1.46. The Hall–Kier alpha value is -3.03. The molecule has 0 spiro atoms. The largest absolute Gasteiger partial charge is 0.356 e. The highest BCUT2D eigenvalue weighted by Crippen LogP contribution is 2.26. The van der Waals surface area contributed by atoms with Crippen molar-refractivity contribution in [3.63, 3.8) is 0 Å². The number of nitro benzene ring substituents is 1. The number of piperidine rings is 1. The van der Waals surface area contributed by atoms with Crippen LogP contribution < -0.4 is 4.90 Å². The molecular weight excluding hydrogens is 346 g/mol. The van der Waals surface area contributed by atoms with E-state index in [1.807, 2.05) is 20.0 Å². The van der Waals surface area contributed by atoms with Crippen LogP contribution in [0.15, 0.2) is 30.3 Å². The van der Waals surface area contributed by atoms with Gasteiger partial charge >= 0.3 is 0 Å². The number of amides is 1. The second-order valence-electron chi connectivity index (χ2n) is 6.85. The highest BCUT2D eigenvalue weighted by Gasteiger charge is 2.25. The van der Waals surface area contributed by atoms with Gasteiger partial charge in [-0.05, 0) is 19.8 Å². The van der Waals surface area contributed by atoms with E-state index in [4.69, 9.17) is 0 Å². The predicted octanol–water partition coefficient (Wildman–Crippen LogP) is 2.81. The molecule has 0 radical (unpaired) electrons. The number of hydrogen-bond donors (Lipinski definition) is 0. The first-order valence-electron chi connectivity index (χ1n) is 8.94. The molecule has 27 heavy (non-hydrogen) atoms. The fourth-order valence-corrected chi connectivity index (χ4v) is 3.34. The molecule has 0 N–H and O–H groups in total. The molecule has 0 atom stereocenters. The summed E-state index contributed by atoms with van der Waals surface area (Å²) in [5.74, 6) is 1.38. The molecule has 1 saturated heterocycles. The van der Waals surface area contributed by atoms with Gasteiger partial charge in [0.1, 0.15) is 5.82 Å². The monoisotopic (exact) mass is 369 g/mol. The van der Waals surface area contributed by atoms with Crippen LogP contribution in [0.5, 0.6) is 0 Å². The molecule has 1 fully saturated rings. The smallest absolute Gasteiger partial charge is 0.270 e. The number of carbonyl (C=O) groups is 1. The first-order chi connectivity index (χ1) is 12.8. The Bertz CT molecular complexity index is 862. The van der Waals surface area contributed by atoms with Gasteiger partial charge in [-0.1, -0.05) is 12.1 Å². The van der Waals surface area contributed by atoms with Crippen LogP contribution in [0.4, 0.5) is 11.5 Å². The van der Waals surface area contributed by atoms with E-state index in [9.17, 15) is 14.9 Å². The number of benzene rings is 1.